The van der Waals surface area contributed by atoms with Crippen LogP contribution in [0, 0.1) is 5.82 Å². The smallest absolute Gasteiger partial charge is 0.387 e. The lowest BCUT2D eigenvalue weighted by atomic mass is 10.2. The lowest BCUT2D eigenvalue weighted by molar-refractivity contribution is -0.0506. The molecule has 1 aromatic rings. The topological polar surface area (TPSA) is 59.6 Å². The van der Waals surface area contributed by atoms with Crippen LogP contribution in [0.1, 0.15) is 31.2 Å². The Morgan fingerprint density at radius 3 is 2.76 bits per heavy atom. The van der Waals surface area contributed by atoms with Crippen molar-refractivity contribution in [2.45, 2.75) is 44.9 Å². The largest absolute Gasteiger partial charge is 0.434 e. The number of nitrogens with one attached hydrogen (secondary N) is 1. The Labute approximate surface area is 121 Å². The Morgan fingerprint density at radius 2 is 2.10 bits per heavy atom. The number of hydrogen-bond donors (Lipinski definition) is 2. The minimum Gasteiger partial charge on any atom is -0.434 e. The predicted octanol–water partition coefficient (Wildman–Crippen LogP) is 2.77. The highest BCUT2D eigenvalue weighted by Crippen LogP contribution is 2.24. The van der Waals surface area contributed by atoms with Gasteiger partial charge in [0.05, 0.1) is 12.1 Å². The lowest BCUT2D eigenvalue weighted by Crippen LogP contribution is -2.38. The molecule has 1 aliphatic carbocycles. The number of ether oxygens (including phenoxy) is 1. The first-order chi connectivity index (χ1) is 10.1. The van der Waals surface area contributed by atoms with Gasteiger partial charge in [0.25, 0.3) is 0 Å². The van der Waals surface area contributed by atoms with Crippen molar-refractivity contribution in [3.63, 3.8) is 0 Å². The number of aliphatic imine (C=N–C) groups is 1. The van der Waals surface area contributed by atoms with E-state index >= 15 is 0 Å². The third-order valence-corrected chi connectivity index (χ3v) is 3.41. The zero-order valence-corrected chi connectivity index (χ0v) is 11.5. The maximum Gasteiger partial charge on any atom is 0.387 e. The molecule has 0 heterocycles. The van der Waals surface area contributed by atoms with Gasteiger partial charge in [-0.1, -0.05) is 18.9 Å². The number of alkyl halides is 2. The van der Waals surface area contributed by atoms with E-state index < -0.39 is 12.4 Å². The van der Waals surface area contributed by atoms with Gasteiger partial charge in [0.15, 0.2) is 5.96 Å². The second kappa shape index (κ2) is 7.19. The number of rotatable bonds is 5. The second-order valence-corrected chi connectivity index (χ2v) is 4.92. The average molecular weight is 301 g/mol. The van der Waals surface area contributed by atoms with Gasteiger partial charge in [0.2, 0.25) is 0 Å². The number of guanidine groups is 1. The van der Waals surface area contributed by atoms with Crippen LogP contribution < -0.4 is 15.8 Å². The molecule has 7 heteroatoms. The van der Waals surface area contributed by atoms with Crippen LogP contribution in [0.3, 0.4) is 0 Å². The van der Waals surface area contributed by atoms with Gasteiger partial charge in [-0.15, -0.1) is 0 Å². The van der Waals surface area contributed by atoms with Crippen LogP contribution in [-0.4, -0.2) is 18.6 Å². The molecule has 0 unspecified atom stereocenters. The van der Waals surface area contributed by atoms with Crippen molar-refractivity contribution < 1.29 is 17.9 Å². The minimum absolute atomic E-state index is 0.0334. The SMILES string of the molecule is NC(=NCc1c(F)cccc1OC(F)F)NC1CCCC1. The molecule has 3 N–H and O–H groups in total. The van der Waals surface area contributed by atoms with Crippen LogP contribution in [0.4, 0.5) is 13.2 Å². The molecule has 0 amide bonds. The van der Waals surface area contributed by atoms with Crippen molar-refractivity contribution in [2.75, 3.05) is 0 Å². The Hall–Kier alpha value is -1.92. The van der Waals surface area contributed by atoms with Gasteiger partial charge in [-0.25, -0.2) is 9.38 Å². The van der Waals surface area contributed by atoms with Gasteiger partial charge < -0.3 is 15.8 Å². The first-order valence-corrected chi connectivity index (χ1v) is 6.85. The summed E-state index contributed by atoms with van der Waals surface area (Å²) in [6, 6.07) is 4.04. The molecule has 0 saturated heterocycles. The molecule has 1 aliphatic rings. The predicted molar refractivity (Wildman–Crippen MR) is 73.8 cm³/mol. The molecule has 2 rings (SSSR count). The van der Waals surface area contributed by atoms with Crippen molar-refractivity contribution >= 4 is 5.96 Å². The fraction of sp³-hybridized carbons (Fsp3) is 0.500. The van der Waals surface area contributed by atoms with Crippen molar-refractivity contribution in [1.29, 1.82) is 0 Å². The third-order valence-electron chi connectivity index (χ3n) is 3.41. The van der Waals surface area contributed by atoms with Crippen molar-refractivity contribution in [2.24, 2.45) is 10.7 Å². The molecular formula is C14H18F3N3O. The molecule has 0 spiro atoms. The van der Waals surface area contributed by atoms with E-state index in [1.54, 1.807) is 0 Å². The standard InChI is InChI=1S/C14H18F3N3O/c15-11-6-3-7-12(21-13(16)17)10(11)8-19-14(18)20-9-4-1-2-5-9/h3,6-7,9,13H,1-2,4-5,8H2,(H3,18,19,20). The molecular weight excluding hydrogens is 283 g/mol. The van der Waals surface area contributed by atoms with Crippen LogP contribution in [0.5, 0.6) is 5.75 Å². The summed E-state index contributed by atoms with van der Waals surface area (Å²) in [6.07, 6.45) is 4.33. The summed E-state index contributed by atoms with van der Waals surface area (Å²) in [5, 5.41) is 3.05. The molecule has 1 aromatic carbocycles. The molecule has 21 heavy (non-hydrogen) atoms. The van der Waals surface area contributed by atoms with Crippen molar-refractivity contribution in [3.05, 3.63) is 29.6 Å². The van der Waals surface area contributed by atoms with E-state index in [1.807, 2.05) is 0 Å². The molecule has 0 bridgehead atoms. The quantitative estimate of drug-likeness (QED) is 0.649. The zero-order valence-electron chi connectivity index (χ0n) is 11.5. The van der Waals surface area contributed by atoms with Gasteiger partial charge >= 0.3 is 6.61 Å². The Kier molecular flexibility index (Phi) is 5.30. The van der Waals surface area contributed by atoms with E-state index in [1.165, 1.54) is 18.2 Å². The van der Waals surface area contributed by atoms with E-state index in [0.29, 0.717) is 0 Å². The van der Waals surface area contributed by atoms with Crippen LogP contribution >= 0.6 is 0 Å². The van der Waals surface area contributed by atoms with Gasteiger partial charge in [-0.3, -0.25) is 0 Å². The molecule has 0 aromatic heterocycles. The summed E-state index contributed by atoms with van der Waals surface area (Å²) < 4.78 is 42.6. The fourth-order valence-electron chi connectivity index (χ4n) is 2.39. The first-order valence-electron chi connectivity index (χ1n) is 6.85. The van der Waals surface area contributed by atoms with Gasteiger partial charge in [-0.05, 0) is 25.0 Å². The van der Waals surface area contributed by atoms with E-state index in [-0.39, 0.29) is 29.9 Å². The summed E-state index contributed by atoms with van der Waals surface area (Å²) in [6.45, 7) is -3.16. The van der Waals surface area contributed by atoms with E-state index in [0.717, 1.165) is 25.7 Å². The summed E-state index contributed by atoms with van der Waals surface area (Å²) in [5.74, 6) is -0.680. The zero-order chi connectivity index (χ0) is 15.2. The normalized spacial score (nSPS) is 16.5. The first kappa shape index (κ1) is 15.5. The average Bonchev–Trinajstić information content (AvgIpc) is 2.90. The molecule has 1 fully saturated rings. The second-order valence-electron chi connectivity index (χ2n) is 4.92. The Balaban J connectivity index is 2.03. The van der Waals surface area contributed by atoms with Crippen LogP contribution in [0.2, 0.25) is 0 Å². The molecule has 116 valence electrons. The van der Waals surface area contributed by atoms with Gasteiger partial charge in [0, 0.05) is 6.04 Å². The number of nitrogens with zero attached hydrogens (tertiary/aromatic N) is 1. The highest BCUT2D eigenvalue weighted by atomic mass is 19.3. The maximum atomic E-state index is 13.7. The van der Waals surface area contributed by atoms with Crippen LogP contribution in [-0.2, 0) is 6.54 Å². The molecule has 4 nitrogen and oxygen atoms in total. The van der Waals surface area contributed by atoms with Crippen molar-refractivity contribution in [3.8, 4) is 5.75 Å². The fourth-order valence-corrected chi connectivity index (χ4v) is 2.39. The van der Waals surface area contributed by atoms with E-state index in [2.05, 4.69) is 15.0 Å². The van der Waals surface area contributed by atoms with E-state index in [9.17, 15) is 13.2 Å². The number of hydrogen-bond acceptors (Lipinski definition) is 2. The van der Waals surface area contributed by atoms with Crippen LogP contribution in [0.25, 0.3) is 0 Å². The Bertz CT molecular complexity index is 502. The third kappa shape index (κ3) is 4.54. The highest BCUT2D eigenvalue weighted by molar-refractivity contribution is 5.78. The molecule has 0 atom stereocenters. The van der Waals surface area contributed by atoms with Gasteiger partial charge in [-0.2, -0.15) is 8.78 Å². The van der Waals surface area contributed by atoms with E-state index in [4.69, 9.17) is 5.73 Å². The van der Waals surface area contributed by atoms with Crippen molar-refractivity contribution in [1.82, 2.24) is 5.32 Å². The Morgan fingerprint density at radius 1 is 1.38 bits per heavy atom. The highest BCUT2D eigenvalue weighted by Gasteiger charge is 2.16. The maximum absolute atomic E-state index is 13.7. The number of nitrogens with two attached hydrogens (primary N) is 1. The molecule has 1 saturated carbocycles. The summed E-state index contributed by atoms with van der Waals surface area (Å²) >= 11 is 0. The summed E-state index contributed by atoms with van der Waals surface area (Å²) in [7, 11) is 0. The number of benzene rings is 1. The monoisotopic (exact) mass is 301 g/mol. The summed E-state index contributed by atoms with van der Waals surface area (Å²) in [4.78, 5) is 4.01. The minimum atomic E-state index is -3.01. The number of halogens is 3. The molecule has 0 aliphatic heterocycles. The summed E-state index contributed by atoms with van der Waals surface area (Å²) in [5.41, 5.74) is 5.70. The van der Waals surface area contributed by atoms with Crippen LogP contribution in [0.15, 0.2) is 23.2 Å². The van der Waals surface area contributed by atoms with Gasteiger partial charge in [0.1, 0.15) is 11.6 Å². The lowest BCUT2D eigenvalue weighted by Gasteiger charge is -2.13. The molecule has 0 radical (unpaired) electrons.